The number of benzene rings is 2. The number of rotatable bonds is 5. The van der Waals surface area contributed by atoms with Crippen molar-refractivity contribution in [3.8, 4) is 17.2 Å². The third kappa shape index (κ3) is 2.88. The van der Waals surface area contributed by atoms with Crippen LogP contribution in [0.5, 0.6) is 17.2 Å². The first kappa shape index (κ1) is 15.0. The van der Waals surface area contributed by atoms with Crippen molar-refractivity contribution in [1.29, 1.82) is 0 Å². The summed E-state index contributed by atoms with van der Waals surface area (Å²) >= 11 is 0. The predicted octanol–water partition coefficient (Wildman–Crippen LogP) is 2.40. The lowest BCUT2D eigenvalue weighted by Crippen LogP contribution is -2.07. The largest absolute Gasteiger partial charge is 0.497 e. The Hall–Kier alpha value is -2.89. The number of ether oxygens (including phenoxy) is 3. The molecule has 0 spiro atoms. The second kappa shape index (κ2) is 6.08. The minimum absolute atomic E-state index is 0.145. The maximum Gasteiger partial charge on any atom is 0.272 e. The molecule has 6 heteroatoms. The second-order valence-corrected chi connectivity index (χ2v) is 5.13. The highest BCUT2D eigenvalue weighted by Gasteiger charge is 2.09. The fourth-order valence-electron chi connectivity index (χ4n) is 2.57. The van der Waals surface area contributed by atoms with Crippen molar-refractivity contribution in [2.45, 2.75) is 6.54 Å². The molecule has 2 aromatic carbocycles. The Labute approximate surface area is 133 Å². The number of fused-ring (bicyclic) bond motifs is 1. The lowest BCUT2D eigenvalue weighted by atomic mass is 10.2. The Balaban J connectivity index is 2.03. The van der Waals surface area contributed by atoms with Crippen molar-refractivity contribution in [2.24, 2.45) is 0 Å². The van der Waals surface area contributed by atoms with Crippen LogP contribution >= 0.6 is 0 Å². The molecule has 0 aliphatic rings. The van der Waals surface area contributed by atoms with E-state index in [2.05, 4.69) is 5.10 Å². The van der Waals surface area contributed by atoms with Crippen LogP contribution in [-0.4, -0.2) is 31.1 Å². The van der Waals surface area contributed by atoms with Gasteiger partial charge in [0.15, 0.2) is 0 Å². The molecule has 3 rings (SSSR count). The van der Waals surface area contributed by atoms with Crippen molar-refractivity contribution < 1.29 is 14.2 Å². The van der Waals surface area contributed by atoms with E-state index < -0.39 is 0 Å². The van der Waals surface area contributed by atoms with Crippen LogP contribution < -0.4 is 19.8 Å². The summed E-state index contributed by atoms with van der Waals surface area (Å²) in [6.45, 7) is 0.499. The Morgan fingerprint density at radius 1 is 0.913 bits per heavy atom. The number of hydrogen-bond acceptors (Lipinski definition) is 4. The summed E-state index contributed by atoms with van der Waals surface area (Å²) in [6.07, 6.45) is 0. The Morgan fingerprint density at radius 3 is 2.17 bits per heavy atom. The molecule has 0 bridgehead atoms. The smallest absolute Gasteiger partial charge is 0.272 e. The SMILES string of the molecule is COc1cc(Cn2[nH]c(=O)c3cc(OC)ccc32)cc(OC)c1. The first-order valence-corrected chi connectivity index (χ1v) is 7.13. The highest BCUT2D eigenvalue weighted by molar-refractivity contribution is 5.80. The van der Waals surface area contributed by atoms with Crippen molar-refractivity contribution >= 4 is 10.9 Å². The number of aromatic nitrogens is 2. The van der Waals surface area contributed by atoms with E-state index in [0.717, 1.165) is 11.1 Å². The zero-order valence-corrected chi connectivity index (χ0v) is 13.3. The van der Waals surface area contributed by atoms with Crippen LogP contribution in [0.4, 0.5) is 0 Å². The first-order valence-electron chi connectivity index (χ1n) is 7.13. The summed E-state index contributed by atoms with van der Waals surface area (Å²) in [7, 11) is 4.80. The summed E-state index contributed by atoms with van der Waals surface area (Å²) in [6, 6.07) is 11.1. The molecule has 3 aromatic rings. The number of methoxy groups -OCH3 is 3. The van der Waals surface area contributed by atoms with E-state index in [1.54, 1.807) is 32.1 Å². The average molecular weight is 314 g/mol. The van der Waals surface area contributed by atoms with Crippen LogP contribution in [0.2, 0.25) is 0 Å². The summed E-state index contributed by atoms with van der Waals surface area (Å²) < 4.78 is 17.5. The molecule has 6 nitrogen and oxygen atoms in total. The highest BCUT2D eigenvalue weighted by atomic mass is 16.5. The third-order valence-electron chi connectivity index (χ3n) is 3.73. The minimum Gasteiger partial charge on any atom is -0.497 e. The minimum atomic E-state index is -0.145. The molecule has 1 aromatic heterocycles. The van der Waals surface area contributed by atoms with Gasteiger partial charge in [-0.05, 0) is 35.9 Å². The molecule has 1 N–H and O–H groups in total. The number of nitrogens with zero attached hydrogens (tertiary/aromatic N) is 1. The molecule has 0 saturated heterocycles. The zero-order valence-electron chi connectivity index (χ0n) is 13.3. The quantitative estimate of drug-likeness (QED) is 0.785. The molecule has 0 aliphatic heterocycles. The van der Waals surface area contributed by atoms with Crippen molar-refractivity contribution in [3.63, 3.8) is 0 Å². The van der Waals surface area contributed by atoms with E-state index >= 15 is 0 Å². The van der Waals surface area contributed by atoms with Gasteiger partial charge in [0, 0.05) is 6.07 Å². The van der Waals surface area contributed by atoms with Crippen LogP contribution in [0.1, 0.15) is 5.56 Å². The molecule has 0 amide bonds. The number of hydrogen-bond donors (Lipinski definition) is 1. The molecular weight excluding hydrogens is 296 g/mol. The van der Waals surface area contributed by atoms with Crippen molar-refractivity contribution in [2.75, 3.05) is 21.3 Å². The van der Waals surface area contributed by atoms with Crippen LogP contribution in [0.3, 0.4) is 0 Å². The van der Waals surface area contributed by atoms with E-state index in [1.807, 2.05) is 30.3 Å². The van der Waals surface area contributed by atoms with Gasteiger partial charge in [-0.25, -0.2) is 0 Å². The third-order valence-corrected chi connectivity index (χ3v) is 3.73. The van der Waals surface area contributed by atoms with E-state index in [4.69, 9.17) is 14.2 Å². The lowest BCUT2D eigenvalue weighted by molar-refractivity contribution is 0.393. The van der Waals surface area contributed by atoms with Gasteiger partial charge in [0.05, 0.1) is 38.8 Å². The van der Waals surface area contributed by atoms with Gasteiger partial charge in [-0.1, -0.05) is 0 Å². The molecule has 23 heavy (non-hydrogen) atoms. The Kier molecular flexibility index (Phi) is 3.97. The molecule has 0 fully saturated rings. The van der Waals surface area contributed by atoms with Crippen LogP contribution in [0, 0.1) is 0 Å². The average Bonchev–Trinajstić information content (AvgIpc) is 2.89. The highest BCUT2D eigenvalue weighted by Crippen LogP contribution is 2.24. The summed E-state index contributed by atoms with van der Waals surface area (Å²) in [5.74, 6) is 2.07. The summed E-state index contributed by atoms with van der Waals surface area (Å²) in [4.78, 5) is 12.1. The van der Waals surface area contributed by atoms with Gasteiger partial charge in [-0.15, -0.1) is 0 Å². The first-order chi connectivity index (χ1) is 11.1. The number of aromatic amines is 1. The van der Waals surface area contributed by atoms with Gasteiger partial charge in [-0.3, -0.25) is 14.6 Å². The predicted molar refractivity (Wildman–Crippen MR) is 87.8 cm³/mol. The fraction of sp³-hybridized carbons (Fsp3) is 0.235. The maximum atomic E-state index is 12.1. The molecule has 0 radical (unpaired) electrons. The van der Waals surface area contributed by atoms with Crippen LogP contribution in [-0.2, 0) is 6.54 Å². The molecule has 1 heterocycles. The monoisotopic (exact) mass is 314 g/mol. The molecule has 0 saturated carbocycles. The molecular formula is C17H18N2O4. The molecule has 0 unspecified atom stereocenters. The van der Waals surface area contributed by atoms with E-state index in [-0.39, 0.29) is 5.56 Å². The fourth-order valence-corrected chi connectivity index (χ4v) is 2.57. The van der Waals surface area contributed by atoms with E-state index in [9.17, 15) is 4.79 Å². The maximum absolute atomic E-state index is 12.1. The van der Waals surface area contributed by atoms with Gasteiger partial charge >= 0.3 is 0 Å². The standard InChI is InChI=1S/C17H18N2O4/c1-21-12-4-5-16-15(9-12)17(20)18-19(16)10-11-6-13(22-2)8-14(7-11)23-3/h4-9H,10H2,1-3H3,(H,18,20). The van der Waals surface area contributed by atoms with Crippen LogP contribution in [0.25, 0.3) is 10.9 Å². The topological polar surface area (TPSA) is 65.5 Å². The van der Waals surface area contributed by atoms with Crippen molar-refractivity contribution in [3.05, 3.63) is 52.3 Å². The van der Waals surface area contributed by atoms with E-state index in [1.165, 1.54) is 0 Å². The summed E-state index contributed by atoms with van der Waals surface area (Å²) in [5, 5.41) is 3.45. The van der Waals surface area contributed by atoms with Gasteiger partial charge in [-0.2, -0.15) is 0 Å². The Morgan fingerprint density at radius 2 is 1.57 bits per heavy atom. The zero-order chi connectivity index (χ0) is 16.4. The Bertz CT molecular complexity index is 873. The molecule has 0 atom stereocenters. The van der Waals surface area contributed by atoms with Gasteiger partial charge in [0.25, 0.3) is 5.56 Å². The van der Waals surface area contributed by atoms with Gasteiger partial charge in [0.2, 0.25) is 0 Å². The lowest BCUT2D eigenvalue weighted by Gasteiger charge is -2.10. The number of nitrogens with one attached hydrogen (secondary N) is 1. The van der Waals surface area contributed by atoms with Gasteiger partial charge < -0.3 is 14.2 Å². The summed E-state index contributed by atoms with van der Waals surface area (Å²) in [5.41, 5.74) is 1.64. The van der Waals surface area contributed by atoms with Crippen LogP contribution in [0.15, 0.2) is 41.2 Å². The molecule has 0 aliphatic carbocycles. The number of H-pyrrole nitrogens is 1. The second-order valence-electron chi connectivity index (χ2n) is 5.13. The van der Waals surface area contributed by atoms with E-state index in [0.29, 0.717) is 29.2 Å². The normalized spacial score (nSPS) is 10.7. The molecule has 120 valence electrons. The van der Waals surface area contributed by atoms with Crippen molar-refractivity contribution in [1.82, 2.24) is 9.78 Å². The van der Waals surface area contributed by atoms with Gasteiger partial charge in [0.1, 0.15) is 17.2 Å².